The van der Waals surface area contributed by atoms with Gasteiger partial charge in [-0.3, -0.25) is 5.43 Å². The molecule has 1 aliphatic rings. The van der Waals surface area contributed by atoms with Crippen molar-refractivity contribution in [2.45, 2.75) is 58.1 Å². The monoisotopic (exact) mass is 279 g/mol. The molecular formula is C14H25N5O. The van der Waals surface area contributed by atoms with Crippen molar-refractivity contribution in [3.05, 3.63) is 11.8 Å². The Morgan fingerprint density at radius 2 is 2.15 bits per heavy atom. The molecule has 2 rings (SSSR count). The molecule has 1 aromatic heterocycles. The van der Waals surface area contributed by atoms with Gasteiger partial charge < -0.3 is 10.1 Å². The average Bonchev–Trinajstić information content (AvgIpc) is 2.46. The third-order valence-electron chi connectivity index (χ3n) is 4.12. The summed E-state index contributed by atoms with van der Waals surface area (Å²) < 4.78 is 6.00. The van der Waals surface area contributed by atoms with Crippen LogP contribution in [0.4, 0.5) is 11.8 Å². The molecule has 20 heavy (non-hydrogen) atoms. The summed E-state index contributed by atoms with van der Waals surface area (Å²) in [5.74, 6) is 6.64. The molecule has 2 heterocycles. The number of nitrogens with one attached hydrogen (secondary N) is 2. The van der Waals surface area contributed by atoms with Crippen LogP contribution in [-0.2, 0) is 4.74 Å². The minimum Gasteiger partial charge on any atom is -0.375 e. The smallest absolute Gasteiger partial charge is 0.239 e. The Bertz CT molecular complexity index is 447. The SMILES string of the molecule is CCC1(CC)CC(Nc2cc(C)nc(NN)n2)CCO1. The van der Waals surface area contributed by atoms with Crippen molar-refractivity contribution in [1.29, 1.82) is 0 Å². The molecule has 0 amide bonds. The highest BCUT2D eigenvalue weighted by molar-refractivity contribution is 5.42. The van der Waals surface area contributed by atoms with Crippen LogP contribution >= 0.6 is 0 Å². The predicted octanol–water partition coefficient (Wildman–Crippen LogP) is 2.22. The molecular weight excluding hydrogens is 254 g/mol. The number of nitrogens with two attached hydrogens (primary N) is 1. The Balaban J connectivity index is 2.08. The van der Waals surface area contributed by atoms with Gasteiger partial charge in [0.2, 0.25) is 5.95 Å². The first kappa shape index (κ1) is 15.0. The lowest BCUT2D eigenvalue weighted by molar-refractivity contribution is -0.0864. The van der Waals surface area contributed by atoms with Gasteiger partial charge in [0.25, 0.3) is 0 Å². The van der Waals surface area contributed by atoms with E-state index in [1.54, 1.807) is 0 Å². The van der Waals surface area contributed by atoms with E-state index in [4.69, 9.17) is 10.6 Å². The van der Waals surface area contributed by atoms with E-state index in [0.717, 1.165) is 43.8 Å². The highest BCUT2D eigenvalue weighted by Crippen LogP contribution is 2.32. The Morgan fingerprint density at radius 3 is 2.80 bits per heavy atom. The van der Waals surface area contributed by atoms with Gasteiger partial charge in [0, 0.05) is 24.4 Å². The second kappa shape index (κ2) is 6.37. The van der Waals surface area contributed by atoms with Gasteiger partial charge in [-0.2, -0.15) is 4.98 Å². The second-order valence-electron chi connectivity index (χ2n) is 5.44. The first-order valence-electron chi connectivity index (χ1n) is 7.33. The van der Waals surface area contributed by atoms with Gasteiger partial charge in [0.05, 0.1) is 5.60 Å². The summed E-state index contributed by atoms with van der Waals surface area (Å²) in [6, 6.07) is 2.32. The van der Waals surface area contributed by atoms with Gasteiger partial charge in [-0.15, -0.1) is 0 Å². The van der Waals surface area contributed by atoms with E-state index in [2.05, 4.69) is 34.6 Å². The number of anilines is 2. The van der Waals surface area contributed by atoms with Crippen molar-refractivity contribution in [1.82, 2.24) is 9.97 Å². The first-order chi connectivity index (χ1) is 9.60. The number of hydrogen-bond donors (Lipinski definition) is 3. The lowest BCUT2D eigenvalue weighted by Gasteiger charge is -2.40. The summed E-state index contributed by atoms with van der Waals surface area (Å²) in [5.41, 5.74) is 3.39. The van der Waals surface area contributed by atoms with Crippen LogP contribution in [0, 0.1) is 6.92 Å². The predicted molar refractivity (Wildman–Crippen MR) is 80.5 cm³/mol. The molecule has 6 nitrogen and oxygen atoms in total. The van der Waals surface area contributed by atoms with Crippen LogP contribution < -0.4 is 16.6 Å². The number of nitrogen functional groups attached to an aromatic ring is 1. The van der Waals surface area contributed by atoms with E-state index in [1.807, 2.05) is 13.0 Å². The Morgan fingerprint density at radius 1 is 1.40 bits per heavy atom. The highest BCUT2D eigenvalue weighted by atomic mass is 16.5. The van der Waals surface area contributed by atoms with Gasteiger partial charge in [-0.05, 0) is 32.6 Å². The van der Waals surface area contributed by atoms with Crippen LogP contribution in [0.15, 0.2) is 6.07 Å². The Labute approximate surface area is 120 Å². The normalized spacial score (nSPS) is 21.5. The fourth-order valence-electron chi connectivity index (χ4n) is 2.81. The zero-order chi connectivity index (χ0) is 14.6. The maximum absolute atomic E-state index is 6.00. The van der Waals surface area contributed by atoms with Gasteiger partial charge >= 0.3 is 0 Å². The highest BCUT2D eigenvalue weighted by Gasteiger charge is 2.34. The van der Waals surface area contributed by atoms with Crippen LogP contribution in [0.5, 0.6) is 0 Å². The summed E-state index contributed by atoms with van der Waals surface area (Å²) in [6.45, 7) is 7.11. The molecule has 0 spiro atoms. The lowest BCUT2D eigenvalue weighted by atomic mass is 9.86. The number of aryl methyl sites for hydroxylation is 1. The van der Waals surface area contributed by atoms with E-state index < -0.39 is 0 Å². The van der Waals surface area contributed by atoms with E-state index in [9.17, 15) is 0 Å². The Kier molecular flexibility index (Phi) is 4.77. The number of rotatable bonds is 5. The third-order valence-corrected chi connectivity index (χ3v) is 4.12. The standard InChI is InChI=1S/C14H25N5O/c1-4-14(5-2)9-11(6-7-20-14)17-12-8-10(3)16-13(18-12)19-15/h8,11H,4-7,9,15H2,1-3H3,(H2,16,17,18,19). The van der Waals surface area contributed by atoms with E-state index in [-0.39, 0.29) is 5.60 Å². The number of hydrazine groups is 1. The maximum Gasteiger partial charge on any atom is 0.239 e. The van der Waals surface area contributed by atoms with Crippen molar-refractivity contribution < 1.29 is 4.74 Å². The molecule has 0 saturated carbocycles. The minimum absolute atomic E-state index is 0.00688. The molecule has 112 valence electrons. The fraction of sp³-hybridized carbons (Fsp3) is 0.714. The van der Waals surface area contributed by atoms with Gasteiger partial charge in [-0.1, -0.05) is 13.8 Å². The number of aromatic nitrogens is 2. The first-order valence-corrected chi connectivity index (χ1v) is 7.33. The molecule has 1 fully saturated rings. The van der Waals surface area contributed by atoms with Gasteiger partial charge in [0.15, 0.2) is 0 Å². The number of hydrogen-bond acceptors (Lipinski definition) is 6. The summed E-state index contributed by atoms with van der Waals surface area (Å²) in [6.07, 6.45) is 4.09. The van der Waals surface area contributed by atoms with Gasteiger partial charge in [-0.25, -0.2) is 10.8 Å². The molecule has 1 unspecified atom stereocenters. The van der Waals surface area contributed by atoms with Gasteiger partial charge in [0.1, 0.15) is 5.82 Å². The molecule has 0 radical (unpaired) electrons. The third kappa shape index (κ3) is 3.37. The van der Waals surface area contributed by atoms with Crippen molar-refractivity contribution in [2.75, 3.05) is 17.3 Å². The summed E-state index contributed by atoms with van der Waals surface area (Å²) in [4.78, 5) is 8.54. The summed E-state index contributed by atoms with van der Waals surface area (Å²) in [5, 5.41) is 3.49. The topological polar surface area (TPSA) is 85.1 Å². The van der Waals surface area contributed by atoms with E-state index >= 15 is 0 Å². The number of ether oxygens (including phenoxy) is 1. The van der Waals surface area contributed by atoms with E-state index in [0.29, 0.717) is 12.0 Å². The second-order valence-corrected chi connectivity index (χ2v) is 5.44. The van der Waals surface area contributed by atoms with Crippen LogP contribution in [0.1, 0.15) is 45.2 Å². The lowest BCUT2D eigenvalue weighted by Crippen LogP contribution is -2.43. The summed E-state index contributed by atoms with van der Waals surface area (Å²) >= 11 is 0. The molecule has 6 heteroatoms. The summed E-state index contributed by atoms with van der Waals surface area (Å²) in [7, 11) is 0. The maximum atomic E-state index is 6.00. The fourth-order valence-corrected chi connectivity index (χ4v) is 2.81. The minimum atomic E-state index is 0.00688. The zero-order valence-electron chi connectivity index (χ0n) is 12.6. The molecule has 0 aromatic carbocycles. The van der Waals surface area contributed by atoms with Crippen LogP contribution in [-0.4, -0.2) is 28.2 Å². The quantitative estimate of drug-likeness (QED) is 0.566. The zero-order valence-corrected chi connectivity index (χ0v) is 12.6. The van der Waals surface area contributed by atoms with Crippen LogP contribution in [0.2, 0.25) is 0 Å². The number of nitrogens with zero attached hydrogens (tertiary/aromatic N) is 2. The van der Waals surface area contributed by atoms with Crippen LogP contribution in [0.25, 0.3) is 0 Å². The van der Waals surface area contributed by atoms with Crippen molar-refractivity contribution in [3.8, 4) is 0 Å². The molecule has 1 aromatic rings. The van der Waals surface area contributed by atoms with Crippen molar-refractivity contribution >= 4 is 11.8 Å². The Hall–Kier alpha value is -1.40. The molecule has 4 N–H and O–H groups in total. The molecule has 1 saturated heterocycles. The molecule has 1 aliphatic heterocycles. The van der Waals surface area contributed by atoms with Crippen LogP contribution in [0.3, 0.4) is 0 Å². The molecule has 0 aliphatic carbocycles. The van der Waals surface area contributed by atoms with Crippen molar-refractivity contribution in [3.63, 3.8) is 0 Å². The van der Waals surface area contributed by atoms with E-state index in [1.165, 1.54) is 0 Å². The molecule has 0 bridgehead atoms. The largest absolute Gasteiger partial charge is 0.375 e. The average molecular weight is 279 g/mol. The molecule has 1 atom stereocenters. The van der Waals surface area contributed by atoms with Crippen molar-refractivity contribution in [2.24, 2.45) is 5.84 Å².